The number of rotatable bonds is 9. The summed E-state index contributed by atoms with van der Waals surface area (Å²) in [5.74, 6) is -3.39. The predicted molar refractivity (Wildman–Crippen MR) is 174 cm³/mol. The largest absolute Gasteiger partial charge is 0.481 e. The average Bonchev–Trinajstić information content (AvgIpc) is 3.51. The number of thiocarbonyl (C=S) groups is 1. The summed E-state index contributed by atoms with van der Waals surface area (Å²) in [6, 6.07) is 28.5. The Morgan fingerprint density at radius 2 is 1.53 bits per heavy atom. The topological polar surface area (TPSA) is 126 Å². The van der Waals surface area contributed by atoms with E-state index < -0.39 is 34.4 Å². The Morgan fingerprint density at radius 3 is 2.13 bits per heavy atom. The van der Waals surface area contributed by atoms with E-state index in [9.17, 15) is 24.3 Å². The molecule has 1 aromatic heterocycles. The number of β-lactam (4-membered cyclic amide) rings is 1. The number of carboxylic acid groups (broad SMARTS) is 1. The molecule has 2 N–H and O–H groups in total. The van der Waals surface area contributed by atoms with Crippen LogP contribution in [0.4, 0.5) is 0 Å². The molecule has 2 aliphatic heterocycles. The molecular weight excluding hydrogens is 631 g/mol. The summed E-state index contributed by atoms with van der Waals surface area (Å²) in [6.07, 6.45) is -0.337. The van der Waals surface area contributed by atoms with E-state index in [1.807, 2.05) is 66.7 Å². The van der Waals surface area contributed by atoms with E-state index in [1.165, 1.54) is 28.0 Å². The Morgan fingerprint density at radius 1 is 0.933 bits per heavy atom. The quantitative estimate of drug-likeness (QED) is 0.149. The van der Waals surface area contributed by atoms with Gasteiger partial charge in [0, 0.05) is 22.1 Å². The molecule has 1 saturated heterocycles. The summed E-state index contributed by atoms with van der Waals surface area (Å²) < 4.78 is 0. The number of benzene rings is 3. The number of hydrogen-bond acceptors (Lipinski definition) is 9. The van der Waals surface area contributed by atoms with E-state index in [0.717, 1.165) is 16.7 Å². The van der Waals surface area contributed by atoms with Crippen molar-refractivity contribution in [2.45, 2.75) is 29.4 Å². The summed E-state index contributed by atoms with van der Waals surface area (Å²) in [6.45, 7) is 0. The molecule has 2 amide bonds. The van der Waals surface area contributed by atoms with Crippen molar-refractivity contribution >= 4 is 69.5 Å². The molecule has 12 heteroatoms. The highest BCUT2D eigenvalue weighted by Crippen LogP contribution is 2.53. The fraction of sp³-hybridized carbons (Fsp3) is 0.152. The van der Waals surface area contributed by atoms with Crippen molar-refractivity contribution in [3.05, 3.63) is 129 Å². The first-order valence-electron chi connectivity index (χ1n) is 13.9. The van der Waals surface area contributed by atoms with E-state index >= 15 is 0 Å². The van der Waals surface area contributed by atoms with Gasteiger partial charge in [0.15, 0.2) is 0 Å². The lowest BCUT2D eigenvalue weighted by molar-refractivity contribution is -0.156. The molecule has 0 saturated carbocycles. The summed E-state index contributed by atoms with van der Waals surface area (Å²) >= 11 is 8.07. The summed E-state index contributed by atoms with van der Waals surface area (Å²) in [5.41, 5.74) is 5.49. The number of hydrogen-bond donors (Lipinski definition) is 2. The SMILES string of the molecule is O=C(O)Cc1csc(C2=C(C(=O)ONC(=O)Cc3ccccc3)N3C(=O)C(=S)[C@@H]3SC2C(c2ccccc2)c2ccccc2)n1. The van der Waals surface area contributed by atoms with Crippen LogP contribution >= 0.6 is 35.3 Å². The Balaban J connectivity index is 1.47. The molecule has 0 spiro atoms. The van der Waals surface area contributed by atoms with Crippen LogP contribution in [0.1, 0.15) is 33.3 Å². The standard InChI is InChI=1S/C33H25N3O6S3/c37-23(16-19-10-4-1-5-11-19)35-42-33(41)27-26(30-34-22(18-44-30)17-24(38)39)29(45-32-28(43)31(40)36(27)32)25(20-12-6-2-7-13-20)21-14-8-3-9-15-21/h1-15,18,25,29,32H,16-17H2,(H,35,37)(H,38,39)/t29?,32-/m0/s1. The number of aliphatic carboxylic acids is 1. The lowest BCUT2D eigenvalue weighted by Gasteiger charge is -2.48. The number of hydroxylamine groups is 1. The highest BCUT2D eigenvalue weighted by molar-refractivity contribution is 8.03. The maximum atomic E-state index is 13.9. The van der Waals surface area contributed by atoms with Gasteiger partial charge in [-0.25, -0.2) is 9.78 Å². The first kappa shape index (κ1) is 30.4. The van der Waals surface area contributed by atoms with Gasteiger partial charge in [-0.2, -0.15) is 5.48 Å². The summed E-state index contributed by atoms with van der Waals surface area (Å²) in [4.78, 5) is 62.8. The van der Waals surface area contributed by atoms with E-state index in [1.54, 1.807) is 29.6 Å². The number of amides is 2. The zero-order chi connectivity index (χ0) is 31.5. The van der Waals surface area contributed by atoms with Gasteiger partial charge in [-0.1, -0.05) is 103 Å². The van der Waals surface area contributed by atoms with Gasteiger partial charge < -0.3 is 9.94 Å². The third kappa shape index (κ3) is 6.30. The molecule has 45 heavy (non-hydrogen) atoms. The molecule has 2 atom stereocenters. The second-order valence-electron chi connectivity index (χ2n) is 10.3. The van der Waals surface area contributed by atoms with Crippen LogP contribution in [-0.2, 0) is 36.9 Å². The maximum Gasteiger partial charge on any atom is 0.379 e. The molecule has 0 radical (unpaired) electrons. The van der Waals surface area contributed by atoms with Crippen LogP contribution in [-0.4, -0.2) is 54.2 Å². The third-order valence-corrected chi connectivity index (χ3v) is 10.3. The zero-order valence-corrected chi connectivity index (χ0v) is 25.9. The molecule has 4 aromatic rings. The number of aromatic nitrogens is 1. The predicted octanol–water partition coefficient (Wildman–Crippen LogP) is 4.78. The smallest absolute Gasteiger partial charge is 0.379 e. The van der Waals surface area contributed by atoms with Crippen molar-refractivity contribution in [1.82, 2.24) is 15.4 Å². The molecular formula is C33H25N3O6S3. The van der Waals surface area contributed by atoms with Crippen LogP contribution in [0.15, 0.2) is 102 Å². The number of thioether (sulfide) groups is 1. The zero-order valence-electron chi connectivity index (χ0n) is 23.5. The summed E-state index contributed by atoms with van der Waals surface area (Å²) in [5, 5.41) is 10.3. The van der Waals surface area contributed by atoms with Crippen LogP contribution in [0.25, 0.3) is 5.57 Å². The third-order valence-electron chi connectivity index (χ3n) is 7.34. The minimum Gasteiger partial charge on any atom is -0.481 e. The fourth-order valence-electron chi connectivity index (χ4n) is 5.37. The van der Waals surface area contributed by atoms with Gasteiger partial charge in [0.1, 0.15) is 20.9 Å². The van der Waals surface area contributed by atoms with E-state index in [0.29, 0.717) is 16.3 Å². The van der Waals surface area contributed by atoms with Gasteiger partial charge in [0.2, 0.25) is 0 Å². The van der Waals surface area contributed by atoms with Crippen LogP contribution in [0, 0.1) is 0 Å². The van der Waals surface area contributed by atoms with Crippen molar-refractivity contribution in [2.75, 3.05) is 0 Å². The molecule has 2 aliphatic rings. The van der Waals surface area contributed by atoms with Gasteiger partial charge in [0.05, 0.1) is 18.5 Å². The molecule has 1 unspecified atom stereocenters. The minimum atomic E-state index is -1.05. The number of nitrogens with zero attached hydrogens (tertiary/aromatic N) is 2. The molecule has 6 rings (SSSR count). The van der Waals surface area contributed by atoms with Gasteiger partial charge in [-0.15, -0.1) is 23.1 Å². The van der Waals surface area contributed by atoms with Gasteiger partial charge in [0.25, 0.3) is 11.8 Å². The molecule has 226 valence electrons. The molecule has 0 aliphatic carbocycles. The maximum absolute atomic E-state index is 13.9. The van der Waals surface area contributed by atoms with Crippen LogP contribution < -0.4 is 5.48 Å². The molecule has 1 fully saturated rings. The Kier molecular flexibility index (Phi) is 8.87. The Bertz CT molecular complexity index is 1770. The number of thiazole rings is 1. The lowest BCUT2D eigenvalue weighted by atomic mass is 9.84. The lowest BCUT2D eigenvalue weighted by Crippen LogP contribution is -2.62. The molecule has 9 nitrogen and oxygen atoms in total. The van der Waals surface area contributed by atoms with E-state index in [-0.39, 0.29) is 29.3 Å². The monoisotopic (exact) mass is 655 g/mol. The molecule has 3 aromatic carbocycles. The van der Waals surface area contributed by atoms with E-state index in [2.05, 4.69) is 10.5 Å². The van der Waals surface area contributed by atoms with Crippen molar-refractivity contribution in [3.63, 3.8) is 0 Å². The van der Waals surface area contributed by atoms with Crippen molar-refractivity contribution in [3.8, 4) is 0 Å². The van der Waals surface area contributed by atoms with Crippen LogP contribution in [0.5, 0.6) is 0 Å². The van der Waals surface area contributed by atoms with Gasteiger partial charge in [-0.05, 0) is 16.7 Å². The molecule has 3 heterocycles. The van der Waals surface area contributed by atoms with Crippen LogP contribution in [0.2, 0.25) is 0 Å². The van der Waals surface area contributed by atoms with Crippen molar-refractivity contribution < 1.29 is 29.1 Å². The molecule has 0 bridgehead atoms. The first-order chi connectivity index (χ1) is 21.8. The second-order valence-corrected chi connectivity index (χ2v) is 12.8. The summed E-state index contributed by atoms with van der Waals surface area (Å²) in [7, 11) is 0. The number of carboxylic acids is 1. The Hall–Kier alpha value is -4.65. The number of fused-ring (bicyclic) bond motifs is 1. The highest BCUT2D eigenvalue weighted by Gasteiger charge is 2.55. The second kappa shape index (κ2) is 13.1. The highest BCUT2D eigenvalue weighted by atomic mass is 32.2. The number of carbonyl (C=O) groups is 4. The normalized spacial score (nSPS) is 17.5. The number of carbonyl (C=O) groups excluding carboxylic acids is 3. The fourth-order valence-corrected chi connectivity index (χ4v) is 8.37. The van der Waals surface area contributed by atoms with E-state index in [4.69, 9.17) is 17.1 Å². The van der Waals surface area contributed by atoms with Crippen molar-refractivity contribution in [1.29, 1.82) is 0 Å². The minimum absolute atomic E-state index is 0.0248. The van der Waals surface area contributed by atoms with Crippen molar-refractivity contribution in [2.24, 2.45) is 0 Å². The van der Waals surface area contributed by atoms with Crippen LogP contribution in [0.3, 0.4) is 0 Å². The number of nitrogens with one attached hydrogen (secondary N) is 1. The van der Waals surface area contributed by atoms with Gasteiger partial charge >= 0.3 is 11.9 Å². The first-order valence-corrected chi connectivity index (χ1v) is 16.1. The average molecular weight is 656 g/mol. The Labute approximate surface area is 271 Å². The van der Waals surface area contributed by atoms with Gasteiger partial charge in [-0.3, -0.25) is 19.3 Å².